The molecule has 0 aliphatic carbocycles. The summed E-state index contributed by atoms with van der Waals surface area (Å²) in [4.78, 5) is 20.9. The summed E-state index contributed by atoms with van der Waals surface area (Å²) in [6.45, 7) is 1.24. The number of piperidine rings is 1. The molecule has 1 aliphatic heterocycles. The van der Waals surface area contributed by atoms with Gasteiger partial charge >= 0.3 is 0 Å². The molecule has 0 radical (unpaired) electrons. The molecule has 1 aliphatic rings. The third-order valence-electron chi connectivity index (χ3n) is 2.77. The molecule has 2 rings (SSSR count). The molecule has 17 heavy (non-hydrogen) atoms. The number of hydrogen-bond acceptors (Lipinski definition) is 5. The van der Waals surface area contributed by atoms with Gasteiger partial charge in [-0.3, -0.25) is 4.79 Å². The normalized spacial score (nSPS) is 17.2. The molecule has 1 aromatic heterocycles. The van der Waals surface area contributed by atoms with Crippen LogP contribution in [-0.4, -0.2) is 40.2 Å². The predicted octanol–water partition coefficient (Wildman–Crippen LogP) is 0.190. The Hall–Kier alpha value is -1.40. The molecule has 3 N–H and O–H groups in total. The Labute approximate surface area is 103 Å². The first-order chi connectivity index (χ1) is 8.08. The molecule has 1 amide bonds. The van der Waals surface area contributed by atoms with E-state index in [4.69, 9.17) is 17.3 Å². The fourth-order valence-electron chi connectivity index (χ4n) is 1.84. The van der Waals surface area contributed by atoms with Crippen molar-refractivity contribution >= 4 is 23.3 Å². The first kappa shape index (κ1) is 12.1. The van der Waals surface area contributed by atoms with Gasteiger partial charge in [0.05, 0.1) is 6.10 Å². The molecule has 0 saturated carbocycles. The number of carbonyl (C=O) groups is 1. The number of halogens is 1. The maximum absolute atomic E-state index is 11.3. The molecule has 0 atom stereocenters. The van der Waals surface area contributed by atoms with Gasteiger partial charge in [-0.15, -0.1) is 0 Å². The summed E-state index contributed by atoms with van der Waals surface area (Å²) in [5.74, 6) is -0.132. The lowest BCUT2D eigenvalue weighted by Gasteiger charge is -2.31. The number of rotatable bonds is 2. The Bertz CT molecular complexity index is 432. The Morgan fingerprint density at radius 1 is 1.53 bits per heavy atom. The van der Waals surface area contributed by atoms with Crippen LogP contribution >= 0.6 is 11.6 Å². The average molecular weight is 257 g/mol. The molecule has 2 heterocycles. The van der Waals surface area contributed by atoms with Gasteiger partial charge in [-0.1, -0.05) is 0 Å². The zero-order chi connectivity index (χ0) is 12.4. The summed E-state index contributed by atoms with van der Waals surface area (Å²) < 4.78 is 0. The van der Waals surface area contributed by atoms with Crippen LogP contribution in [-0.2, 0) is 0 Å². The Kier molecular flexibility index (Phi) is 3.44. The summed E-state index contributed by atoms with van der Waals surface area (Å²) in [6, 6.07) is 0. The molecule has 0 bridgehead atoms. The fraction of sp³-hybridized carbons (Fsp3) is 0.500. The van der Waals surface area contributed by atoms with Crippen LogP contribution in [0.1, 0.15) is 23.2 Å². The molecule has 1 fully saturated rings. The SMILES string of the molecule is NC(=O)c1cnc(Cl)nc1N1CCC(O)CC1. The number of aromatic nitrogens is 2. The number of aliphatic hydroxyl groups is 1. The van der Waals surface area contributed by atoms with E-state index in [1.54, 1.807) is 0 Å². The summed E-state index contributed by atoms with van der Waals surface area (Å²) >= 11 is 5.72. The van der Waals surface area contributed by atoms with Crippen molar-refractivity contribution < 1.29 is 9.90 Å². The van der Waals surface area contributed by atoms with Crippen molar-refractivity contribution in [2.75, 3.05) is 18.0 Å². The minimum Gasteiger partial charge on any atom is -0.393 e. The van der Waals surface area contributed by atoms with E-state index in [-0.39, 0.29) is 17.0 Å². The van der Waals surface area contributed by atoms with Crippen LogP contribution < -0.4 is 10.6 Å². The lowest BCUT2D eigenvalue weighted by molar-refractivity contribution is 0.1000. The van der Waals surface area contributed by atoms with Crippen LogP contribution in [0.4, 0.5) is 5.82 Å². The third-order valence-corrected chi connectivity index (χ3v) is 2.95. The minimum absolute atomic E-state index is 0.0797. The molecule has 92 valence electrons. The van der Waals surface area contributed by atoms with Crippen molar-refractivity contribution in [1.29, 1.82) is 0 Å². The molecule has 7 heteroatoms. The van der Waals surface area contributed by atoms with E-state index >= 15 is 0 Å². The van der Waals surface area contributed by atoms with E-state index in [1.807, 2.05) is 4.90 Å². The van der Waals surface area contributed by atoms with Crippen molar-refractivity contribution in [3.05, 3.63) is 17.0 Å². The second kappa shape index (κ2) is 4.85. The summed E-state index contributed by atoms with van der Waals surface area (Å²) in [5, 5.41) is 9.51. The van der Waals surface area contributed by atoms with Crippen LogP contribution in [0.15, 0.2) is 6.20 Å². The number of primary amides is 1. The summed E-state index contributed by atoms with van der Waals surface area (Å²) in [7, 11) is 0. The van der Waals surface area contributed by atoms with Crippen LogP contribution in [0.5, 0.6) is 0 Å². The first-order valence-corrected chi connectivity index (χ1v) is 5.71. The van der Waals surface area contributed by atoms with Gasteiger partial charge in [0.2, 0.25) is 5.28 Å². The van der Waals surface area contributed by atoms with E-state index in [1.165, 1.54) is 6.20 Å². The van der Waals surface area contributed by atoms with Crippen molar-refractivity contribution in [3.8, 4) is 0 Å². The molecular formula is C10H13ClN4O2. The third kappa shape index (κ3) is 2.65. The van der Waals surface area contributed by atoms with Gasteiger partial charge in [0.15, 0.2) is 0 Å². The lowest BCUT2D eigenvalue weighted by atomic mass is 10.1. The second-order valence-corrected chi connectivity index (χ2v) is 4.30. The van der Waals surface area contributed by atoms with Crippen molar-refractivity contribution in [2.24, 2.45) is 5.73 Å². The van der Waals surface area contributed by atoms with Gasteiger partial charge in [-0.25, -0.2) is 4.98 Å². The number of hydrogen-bond donors (Lipinski definition) is 2. The molecule has 1 saturated heterocycles. The number of aliphatic hydroxyl groups excluding tert-OH is 1. The van der Waals surface area contributed by atoms with Gasteiger partial charge in [0, 0.05) is 19.3 Å². The van der Waals surface area contributed by atoms with Gasteiger partial charge in [0.1, 0.15) is 11.4 Å². The van der Waals surface area contributed by atoms with E-state index < -0.39 is 5.91 Å². The highest BCUT2D eigenvalue weighted by molar-refractivity contribution is 6.28. The minimum atomic E-state index is -0.581. The lowest BCUT2D eigenvalue weighted by Crippen LogP contribution is -2.37. The van der Waals surface area contributed by atoms with E-state index in [9.17, 15) is 9.90 Å². The molecule has 0 unspecified atom stereocenters. The molecule has 0 aromatic carbocycles. The zero-order valence-corrected chi connectivity index (χ0v) is 9.89. The number of anilines is 1. The van der Waals surface area contributed by atoms with Crippen LogP contribution in [0, 0.1) is 0 Å². The largest absolute Gasteiger partial charge is 0.393 e. The van der Waals surface area contributed by atoms with Crippen molar-refractivity contribution in [2.45, 2.75) is 18.9 Å². The van der Waals surface area contributed by atoms with Crippen LogP contribution in [0.2, 0.25) is 5.28 Å². The van der Waals surface area contributed by atoms with Gasteiger partial charge < -0.3 is 15.7 Å². The predicted molar refractivity (Wildman–Crippen MR) is 63.0 cm³/mol. The highest BCUT2D eigenvalue weighted by Crippen LogP contribution is 2.22. The maximum atomic E-state index is 11.3. The Morgan fingerprint density at radius 3 is 2.76 bits per heavy atom. The van der Waals surface area contributed by atoms with E-state index in [0.29, 0.717) is 31.7 Å². The number of amides is 1. The second-order valence-electron chi connectivity index (χ2n) is 3.96. The van der Waals surface area contributed by atoms with E-state index in [2.05, 4.69) is 9.97 Å². The van der Waals surface area contributed by atoms with Crippen molar-refractivity contribution in [1.82, 2.24) is 9.97 Å². The monoisotopic (exact) mass is 256 g/mol. The van der Waals surface area contributed by atoms with E-state index in [0.717, 1.165) is 0 Å². The van der Waals surface area contributed by atoms with Gasteiger partial charge in [-0.2, -0.15) is 4.98 Å². The highest BCUT2D eigenvalue weighted by Gasteiger charge is 2.22. The first-order valence-electron chi connectivity index (χ1n) is 5.33. The van der Waals surface area contributed by atoms with Crippen LogP contribution in [0.25, 0.3) is 0 Å². The molecule has 0 spiro atoms. The molecular weight excluding hydrogens is 244 g/mol. The zero-order valence-electron chi connectivity index (χ0n) is 9.14. The topological polar surface area (TPSA) is 92.3 Å². The fourth-order valence-corrected chi connectivity index (χ4v) is 1.97. The quantitative estimate of drug-likeness (QED) is 0.737. The van der Waals surface area contributed by atoms with Gasteiger partial charge in [0.25, 0.3) is 5.91 Å². The standard InChI is InChI=1S/C10H13ClN4O2/c11-10-13-5-7(8(12)17)9(14-10)15-3-1-6(16)2-4-15/h5-6,16H,1-4H2,(H2,12,17). The Morgan fingerprint density at radius 2 is 2.18 bits per heavy atom. The number of carbonyl (C=O) groups excluding carboxylic acids is 1. The molecule has 1 aromatic rings. The van der Waals surface area contributed by atoms with Crippen LogP contribution in [0.3, 0.4) is 0 Å². The van der Waals surface area contributed by atoms with Gasteiger partial charge in [-0.05, 0) is 24.4 Å². The average Bonchev–Trinajstić information content (AvgIpc) is 2.29. The number of nitrogens with zero attached hydrogens (tertiary/aromatic N) is 3. The summed E-state index contributed by atoms with van der Waals surface area (Å²) in [6.07, 6.45) is 2.32. The summed E-state index contributed by atoms with van der Waals surface area (Å²) in [5.41, 5.74) is 5.52. The maximum Gasteiger partial charge on any atom is 0.254 e. The Balaban J connectivity index is 2.30. The highest BCUT2D eigenvalue weighted by atomic mass is 35.5. The molecule has 6 nitrogen and oxygen atoms in total. The number of nitrogens with two attached hydrogens (primary N) is 1. The smallest absolute Gasteiger partial charge is 0.254 e. The van der Waals surface area contributed by atoms with Crippen molar-refractivity contribution in [3.63, 3.8) is 0 Å².